The van der Waals surface area contributed by atoms with Crippen LogP contribution in [0.2, 0.25) is 0 Å². The van der Waals surface area contributed by atoms with E-state index in [2.05, 4.69) is 15.4 Å². The second-order valence-electron chi connectivity index (χ2n) is 4.42. The Balaban J connectivity index is 2.14. The molecule has 0 aliphatic carbocycles. The van der Waals surface area contributed by atoms with Crippen LogP contribution in [0.15, 0.2) is 24.8 Å². The lowest BCUT2D eigenvalue weighted by molar-refractivity contribution is 0.0924. The summed E-state index contributed by atoms with van der Waals surface area (Å²) in [6, 6.07) is -0.0934. The zero-order valence-electron chi connectivity index (χ0n) is 10.4. The van der Waals surface area contributed by atoms with Gasteiger partial charge in [0, 0.05) is 18.4 Å². The molecule has 2 rings (SSSR count). The zero-order chi connectivity index (χ0) is 13.1. The van der Waals surface area contributed by atoms with Gasteiger partial charge in [-0.25, -0.2) is 4.52 Å². The molecule has 0 spiro atoms. The molecule has 2 atom stereocenters. The van der Waals surface area contributed by atoms with Gasteiger partial charge in [-0.1, -0.05) is 0 Å². The van der Waals surface area contributed by atoms with Gasteiger partial charge in [-0.05, 0) is 20.3 Å². The van der Waals surface area contributed by atoms with E-state index in [4.69, 9.17) is 0 Å². The Morgan fingerprint density at radius 3 is 3.00 bits per heavy atom. The lowest BCUT2D eigenvalue weighted by atomic mass is 10.1. The number of rotatable bonds is 4. The van der Waals surface area contributed by atoms with Crippen LogP contribution in [-0.2, 0) is 0 Å². The van der Waals surface area contributed by atoms with Crippen LogP contribution in [0.25, 0.3) is 5.52 Å². The molecule has 0 saturated heterocycles. The average molecular weight is 248 g/mol. The second kappa shape index (κ2) is 5.14. The highest BCUT2D eigenvalue weighted by atomic mass is 16.3. The standard InChI is InChI=1S/C12H16N4O2/c1-8(5-9(2)17)15-12(18)10-6-14-16-4-3-13-7-11(10)16/h3-4,6-9,17H,5H2,1-2H3,(H,15,18). The van der Waals surface area contributed by atoms with Gasteiger partial charge in [0.25, 0.3) is 5.91 Å². The summed E-state index contributed by atoms with van der Waals surface area (Å²) in [6.45, 7) is 3.55. The molecule has 6 heteroatoms. The molecule has 2 N–H and O–H groups in total. The van der Waals surface area contributed by atoms with Crippen molar-refractivity contribution in [2.24, 2.45) is 0 Å². The molecule has 0 bridgehead atoms. The number of carbonyl (C=O) groups excluding carboxylic acids is 1. The Kier molecular flexibility index (Phi) is 3.57. The third-order valence-corrected chi connectivity index (χ3v) is 2.64. The van der Waals surface area contributed by atoms with Crippen LogP contribution in [0, 0.1) is 0 Å². The molecule has 0 aliphatic rings. The van der Waals surface area contributed by atoms with Gasteiger partial charge in [-0.3, -0.25) is 9.78 Å². The number of nitrogens with zero attached hydrogens (tertiary/aromatic N) is 3. The smallest absolute Gasteiger partial charge is 0.255 e. The van der Waals surface area contributed by atoms with E-state index >= 15 is 0 Å². The first-order valence-electron chi connectivity index (χ1n) is 5.84. The summed E-state index contributed by atoms with van der Waals surface area (Å²) >= 11 is 0. The number of hydrogen-bond acceptors (Lipinski definition) is 4. The third-order valence-electron chi connectivity index (χ3n) is 2.64. The number of aliphatic hydroxyl groups is 1. The summed E-state index contributed by atoms with van der Waals surface area (Å²) in [6.07, 6.45) is 6.49. The summed E-state index contributed by atoms with van der Waals surface area (Å²) < 4.78 is 1.60. The van der Waals surface area contributed by atoms with Crippen LogP contribution in [0.3, 0.4) is 0 Å². The molecule has 0 aliphatic heterocycles. The summed E-state index contributed by atoms with van der Waals surface area (Å²) in [4.78, 5) is 16.0. The number of hydrogen-bond donors (Lipinski definition) is 2. The van der Waals surface area contributed by atoms with Crippen LogP contribution < -0.4 is 5.32 Å². The maximum Gasteiger partial charge on any atom is 0.255 e. The minimum absolute atomic E-state index is 0.0934. The van der Waals surface area contributed by atoms with Gasteiger partial charge in [0.05, 0.1) is 29.6 Å². The SMILES string of the molecule is CC(O)CC(C)NC(=O)c1cnn2ccncc12. The van der Waals surface area contributed by atoms with Gasteiger partial charge in [-0.15, -0.1) is 0 Å². The lowest BCUT2D eigenvalue weighted by Crippen LogP contribution is -2.34. The number of amides is 1. The lowest BCUT2D eigenvalue weighted by Gasteiger charge is -2.14. The Morgan fingerprint density at radius 1 is 1.50 bits per heavy atom. The number of nitrogens with one attached hydrogen (secondary N) is 1. The number of fused-ring (bicyclic) bond motifs is 1. The summed E-state index contributed by atoms with van der Waals surface area (Å²) in [5, 5.41) is 16.2. The molecule has 0 aromatic carbocycles. The monoisotopic (exact) mass is 248 g/mol. The van der Waals surface area contributed by atoms with Crippen LogP contribution >= 0.6 is 0 Å². The van der Waals surface area contributed by atoms with Crippen molar-refractivity contribution in [3.63, 3.8) is 0 Å². The van der Waals surface area contributed by atoms with Crippen molar-refractivity contribution in [1.82, 2.24) is 19.9 Å². The number of aliphatic hydroxyl groups excluding tert-OH is 1. The first-order valence-corrected chi connectivity index (χ1v) is 5.84. The topological polar surface area (TPSA) is 79.5 Å². The van der Waals surface area contributed by atoms with Gasteiger partial charge in [0.1, 0.15) is 0 Å². The third kappa shape index (κ3) is 2.65. The maximum atomic E-state index is 12.0. The van der Waals surface area contributed by atoms with Gasteiger partial charge in [0.2, 0.25) is 0 Å². The highest BCUT2D eigenvalue weighted by molar-refractivity contribution is 6.00. The normalized spacial score (nSPS) is 14.4. The van der Waals surface area contributed by atoms with Gasteiger partial charge >= 0.3 is 0 Å². The first kappa shape index (κ1) is 12.5. The van der Waals surface area contributed by atoms with E-state index in [0.717, 1.165) is 0 Å². The molecule has 2 aromatic heterocycles. The van der Waals surface area contributed by atoms with Crippen molar-refractivity contribution in [3.05, 3.63) is 30.4 Å². The molecule has 2 aromatic rings. The molecule has 6 nitrogen and oxygen atoms in total. The first-order chi connectivity index (χ1) is 8.58. The van der Waals surface area contributed by atoms with E-state index in [1.165, 1.54) is 6.20 Å². The Morgan fingerprint density at radius 2 is 2.28 bits per heavy atom. The van der Waals surface area contributed by atoms with Gasteiger partial charge in [-0.2, -0.15) is 5.10 Å². The van der Waals surface area contributed by atoms with E-state index in [9.17, 15) is 9.90 Å². The largest absolute Gasteiger partial charge is 0.393 e. The average Bonchev–Trinajstić information content (AvgIpc) is 2.71. The molecule has 0 saturated carbocycles. The van der Waals surface area contributed by atoms with E-state index < -0.39 is 6.10 Å². The number of carbonyl (C=O) groups is 1. The van der Waals surface area contributed by atoms with Crippen molar-refractivity contribution in [2.75, 3.05) is 0 Å². The quantitative estimate of drug-likeness (QED) is 0.831. The molecular formula is C12H16N4O2. The van der Waals surface area contributed by atoms with E-state index in [0.29, 0.717) is 17.5 Å². The molecule has 18 heavy (non-hydrogen) atoms. The number of aromatic nitrogens is 3. The molecular weight excluding hydrogens is 232 g/mol. The maximum absolute atomic E-state index is 12.0. The Hall–Kier alpha value is -1.95. The van der Waals surface area contributed by atoms with Crippen LogP contribution in [0.4, 0.5) is 0 Å². The zero-order valence-corrected chi connectivity index (χ0v) is 10.4. The molecule has 2 heterocycles. The highest BCUT2D eigenvalue weighted by Crippen LogP contribution is 2.09. The predicted octanol–water partition coefficient (Wildman–Crippen LogP) is 0.618. The van der Waals surface area contributed by atoms with Gasteiger partial charge in [0.15, 0.2) is 0 Å². The highest BCUT2D eigenvalue weighted by Gasteiger charge is 2.15. The van der Waals surface area contributed by atoms with Crippen molar-refractivity contribution in [3.8, 4) is 0 Å². The van der Waals surface area contributed by atoms with Crippen LogP contribution in [0.1, 0.15) is 30.6 Å². The minimum Gasteiger partial charge on any atom is -0.393 e. The predicted molar refractivity (Wildman–Crippen MR) is 66.2 cm³/mol. The van der Waals surface area contributed by atoms with Crippen LogP contribution in [-0.4, -0.2) is 37.8 Å². The second-order valence-corrected chi connectivity index (χ2v) is 4.42. The molecule has 0 fully saturated rings. The molecule has 2 unspecified atom stereocenters. The summed E-state index contributed by atoms with van der Waals surface area (Å²) in [7, 11) is 0. The minimum atomic E-state index is -0.439. The Labute approximate surface area is 105 Å². The van der Waals surface area contributed by atoms with Gasteiger partial charge < -0.3 is 10.4 Å². The molecule has 0 radical (unpaired) electrons. The molecule has 1 amide bonds. The van der Waals surface area contributed by atoms with Crippen molar-refractivity contribution < 1.29 is 9.90 Å². The van der Waals surface area contributed by atoms with E-state index in [1.807, 2.05) is 6.92 Å². The van der Waals surface area contributed by atoms with E-state index in [-0.39, 0.29) is 11.9 Å². The fourth-order valence-electron chi connectivity index (χ4n) is 1.88. The van der Waals surface area contributed by atoms with E-state index in [1.54, 1.807) is 30.0 Å². The molecule has 96 valence electrons. The van der Waals surface area contributed by atoms with Crippen molar-refractivity contribution >= 4 is 11.4 Å². The van der Waals surface area contributed by atoms with Crippen LogP contribution in [0.5, 0.6) is 0 Å². The van der Waals surface area contributed by atoms with Crippen molar-refractivity contribution in [2.45, 2.75) is 32.4 Å². The Bertz CT molecular complexity index is 550. The summed E-state index contributed by atoms with van der Waals surface area (Å²) in [5.74, 6) is -0.203. The fraction of sp³-hybridized carbons (Fsp3) is 0.417. The summed E-state index contributed by atoms with van der Waals surface area (Å²) in [5.41, 5.74) is 1.15. The van der Waals surface area contributed by atoms with Crippen molar-refractivity contribution in [1.29, 1.82) is 0 Å². The fourth-order valence-corrected chi connectivity index (χ4v) is 1.88.